The van der Waals surface area contributed by atoms with Crippen LogP contribution in [-0.4, -0.2) is 9.13 Å². The number of benzene rings is 9. The van der Waals surface area contributed by atoms with Crippen LogP contribution in [0.1, 0.15) is 0 Å². The summed E-state index contributed by atoms with van der Waals surface area (Å²) in [4.78, 5) is 0. The van der Waals surface area contributed by atoms with E-state index in [9.17, 15) is 0 Å². The molecule has 0 saturated carbocycles. The average molecular weight is 713 g/mol. The van der Waals surface area contributed by atoms with Gasteiger partial charge in [0.25, 0.3) is 0 Å². The van der Waals surface area contributed by atoms with Crippen molar-refractivity contribution in [2.75, 3.05) is 0 Å². The predicted molar refractivity (Wildman–Crippen MR) is 237 cm³/mol. The molecule has 0 atom stereocenters. The first-order valence-corrected chi connectivity index (χ1v) is 19.3. The van der Waals surface area contributed by atoms with Gasteiger partial charge < -0.3 is 9.13 Å². The summed E-state index contributed by atoms with van der Waals surface area (Å²) in [6.45, 7) is 0. The largest absolute Gasteiger partial charge is 0.309 e. The minimum absolute atomic E-state index is 1.15. The Morgan fingerprint density at radius 1 is 0.232 bits per heavy atom. The highest BCUT2D eigenvalue weighted by molar-refractivity contribution is 6.12. The normalized spacial score (nSPS) is 11.6. The van der Waals surface area contributed by atoms with Gasteiger partial charge in [0.1, 0.15) is 0 Å². The fourth-order valence-corrected chi connectivity index (χ4v) is 8.66. The van der Waals surface area contributed by atoms with E-state index in [1.165, 1.54) is 93.8 Å². The molecular weight excluding hydrogens is 677 g/mol. The fourth-order valence-electron chi connectivity index (χ4n) is 8.66. The zero-order valence-electron chi connectivity index (χ0n) is 30.7. The molecule has 56 heavy (non-hydrogen) atoms. The van der Waals surface area contributed by atoms with Crippen molar-refractivity contribution in [1.82, 2.24) is 9.13 Å². The van der Waals surface area contributed by atoms with E-state index in [0.29, 0.717) is 0 Å². The number of fused-ring (bicyclic) bond motifs is 6. The molecular formula is C54H36N2. The first-order chi connectivity index (χ1) is 27.8. The van der Waals surface area contributed by atoms with E-state index < -0.39 is 0 Å². The van der Waals surface area contributed by atoms with Crippen LogP contribution in [0.5, 0.6) is 0 Å². The van der Waals surface area contributed by atoms with Gasteiger partial charge in [0, 0.05) is 32.8 Å². The second kappa shape index (κ2) is 13.2. The van der Waals surface area contributed by atoms with E-state index in [4.69, 9.17) is 0 Å². The summed E-state index contributed by atoms with van der Waals surface area (Å²) in [5.74, 6) is 0. The molecule has 0 bridgehead atoms. The van der Waals surface area contributed by atoms with Crippen molar-refractivity contribution in [3.63, 3.8) is 0 Å². The smallest absolute Gasteiger partial charge is 0.0547 e. The van der Waals surface area contributed by atoms with E-state index in [2.05, 4.69) is 228 Å². The summed E-state index contributed by atoms with van der Waals surface area (Å²) in [7, 11) is 0. The molecule has 0 amide bonds. The topological polar surface area (TPSA) is 9.86 Å². The Morgan fingerprint density at radius 2 is 0.679 bits per heavy atom. The second-order valence-electron chi connectivity index (χ2n) is 14.5. The minimum Gasteiger partial charge on any atom is -0.309 e. The summed E-state index contributed by atoms with van der Waals surface area (Å²) in [5, 5.41) is 5.00. The van der Waals surface area contributed by atoms with Crippen molar-refractivity contribution < 1.29 is 0 Å². The molecule has 2 heteroatoms. The predicted octanol–water partition coefficient (Wildman–Crippen LogP) is 14.5. The standard InChI is InChI=1S/C54H36N2/c1-3-13-37(14-4-1)38-23-25-39(26-24-38)40-27-31-44(32-28-40)55-51-21-11-9-19-47(51)49-35-42(30-34-53(49)55)43-29-33-48-46-18-8-12-22-52(46)56(54(48)36-43)50-20-10-7-17-45(50)41-15-5-2-6-16-41/h1-36H. The van der Waals surface area contributed by atoms with Crippen molar-refractivity contribution in [3.05, 3.63) is 218 Å². The van der Waals surface area contributed by atoms with Gasteiger partial charge in [-0.05, 0) is 87.5 Å². The molecule has 2 nitrogen and oxygen atoms in total. The van der Waals surface area contributed by atoms with Crippen molar-refractivity contribution in [1.29, 1.82) is 0 Å². The molecule has 2 heterocycles. The van der Waals surface area contributed by atoms with E-state index in [-0.39, 0.29) is 0 Å². The van der Waals surface area contributed by atoms with Gasteiger partial charge in [0.2, 0.25) is 0 Å². The van der Waals surface area contributed by atoms with E-state index in [1.807, 2.05) is 0 Å². The SMILES string of the molecule is c1ccc(-c2ccc(-c3ccc(-n4c5ccccc5c5cc(-c6ccc7c8ccccc8n(-c8ccccc8-c8ccccc8)c7c6)ccc54)cc3)cc2)cc1. The first kappa shape index (κ1) is 32.0. The van der Waals surface area contributed by atoms with Gasteiger partial charge >= 0.3 is 0 Å². The van der Waals surface area contributed by atoms with Gasteiger partial charge in [-0.3, -0.25) is 0 Å². The third-order valence-electron chi connectivity index (χ3n) is 11.4. The molecule has 0 spiro atoms. The van der Waals surface area contributed by atoms with Gasteiger partial charge in [-0.15, -0.1) is 0 Å². The lowest BCUT2D eigenvalue weighted by molar-refractivity contribution is 1.18. The minimum atomic E-state index is 1.15. The number of hydrogen-bond donors (Lipinski definition) is 0. The highest BCUT2D eigenvalue weighted by Crippen LogP contribution is 2.40. The van der Waals surface area contributed by atoms with Crippen LogP contribution in [0.2, 0.25) is 0 Å². The Bertz CT molecular complexity index is 3200. The van der Waals surface area contributed by atoms with Gasteiger partial charge in [-0.1, -0.05) is 170 Å². The lowest BCUT2D eigenvalue weighted by Crippen LogP contribution is -1.97. The van der Waals surface area contributed by atoms with Crippen LogP contribution in [0.15, 0.2) is 218 Å². The molecule has 0 aliphatic carbocycles. The number of aromatic nitrogens is 2. The molecule has 11 rings (SSSR count). The van der Waals surface area contributed by atoms with Crippen LogP contribution in [-0.2, 0) is 0 Å². The second-order valence-corrected chi connectivity index (χ2v) is 14.5. The Balaban J connectivity index is 1.01. The Hall–Kier alpha value is -7.42. The highest BCUT2D eigenvalue weighted by atomic mass is 15.0. The maximum absolute atomic E-state index is 2.45. The summed E-state index contributed by atoms with van der Waals surface area (Å²) in [6, 6.07) is 79.3. The molecule has 0 aliphatic heterocycles. The molecule has 0 aliphatic rings. The lowest BCUT2D eigenvalue weighted by atomic mass is 10.00. The Kier molecular flexibility index (Phi) is 7.53. The fraction of sp³-hybridized carbons (Fsp3) is 0. The maximum Gasteiger partial charge on any atom is 0.0547 e. The number of para-hydroxylation sites is 3. The van der Waals surface area contributed by atoms with Crippen molar-refractivity contribution in [2.24, 2.45) is 0 Å². The average Bonchev–Trinajstić information content (AvgIpc) is 3.79. The van der Waals surface area contributed by atoms with Crippen LogP contribution in [0.25, 0.3) is 99.5 Å². The molecule has 0 unspecified atom stereocenters. The number of rotatable bonds is 6. The van der Waals surface area contributed by atoms with Crippen molar-refractivity contribution >= 4 is 43.6 Å². The van der Waals surface area contributed by atoms with Gasteiger partial charge in [0.05, 0.1) is 27.8 Å². The summed E-state index contributed by atoms with van der Waals surface area (Å²) < 4.78 is 4.85. The van der Waals surface area contributed by atoms with Crippen LogP contribution >= 0.6 is 0 Å². The van der Waals surface area contributed by atoms with E-state index >= 15 is 0 Å². The zero-order valence-corrected chi connectivity index (χ0v) is 30.7. The van der Waals surface area contributed by atoms with Crippen LogP contribution in [0.4, 0.5) is 0 Å². The molecule has 9 aromatic carbocycles. The van der Waals surface area contributed by atoms with Crippen molar-refractivity contribution in [3.8, 4) is 55.9 Å². The number of hydrogen-bond acceptors (Lipinski definition) is 0. The molecule has 11 aromatic rings. The first-order valence-electron chi connectivity index (χ1n) is 19.3. The molecule has 0 fully saturated rings. The van der Waals surface area contributed by atoms with Crippen LogP contribution in [0.3, 0.4) is 0 Å². The van der Waals surface area contributed by atoms with Gasteiger partial charge in [-0.2, -0.15) is 0 Å². The molecule has 262 valence electrons. The zero-order chi connectivity index (χ0) is 37.0. The van der Waals surface area contributed by atoms with Gasteiger partial charge in [0.15, 0.2) is 0 Å². The maximum atomic E-state index is 2.45. The third-order valence-corrected chi connectivity index (χ3v) is 11.4. The molecule has 0 saturated heterocycles. The molecule has 2 aromatic heterocycles. The monoisotopic (exact) mass is 712 g/mol. The summed E-state index contributed by atoms with van der Waals surface area (Å²) in [5.41, 5.74) is 16.8. The Labute approximate surface area is 325 Å². The highest BCUT2D eigenvalue weighted by Gasteiger charge is 2.18. The van der Waals surface area contributed by atoms with Crippen LogP contribution < -0.4 is 0 Å². The quantitative estimate of drug-likeness (QED) is 0.162. The lowest BCUT2D eigenvalue weighted by Gasteiger charge is -2.14. The Morgan fingerprint density at radius 3 is 1.38 bits per heavy atom. The summed E-state index contributed by atoms with van der Waals surface area (Å²) >= 11 is 0. The van der Waals surface area contributed by atoms with Crippen molar-refractivity contribution in [2.45, 2.75) is 0 Å². The van der Waals surface area contributed by atoms with Gasteiger partial charge in [-0.25, -0.2) is 0 Å². The van der Waals surface area contributed by atoms with E-state index in [1.54, 1.807) is 0 Å². The third kappa shape index (κ3) is 5.26. The number of nitrogens with zero attached hydrogens (tertiary/aromatic N) is 2. The van der Waals surface area contributed by atoms with E-state index in [0.717, 1.165) is 5.69 Å². The molecule has 0 radical (unpaired) electrons. The molecule has 0 N–H and O–H groups in total. The summed E-state index contributed by atoms with van der Waals surface area (Å²) in [6.07, 6.45) is 0. The van der Waals surface area contributed by atoms with Crippen LogP contribution in [0, 0.1) is 0 Å².